The van der Waals surface area contributed by atoms with E-state index in [0.29, 0.717) is 5.88 Å². The van der Waals surface area contributed by atoms with Gasteiger partial charge in [0, 0.05) is 18.8 Å². The quantitative estimate of drug-likeness (QED) is 0.862. The van der Waals surface area contributed by atoms with Crippen LogP contribution in [-0.4, -0.2) is 22.9 Å². The molecule has 1 aromatic heterocycles. The molecule has 1 aromatic carbocycles. The van der Waals surface area contributed by atoms with E-state index in [2.05, 4.69) is 0 Å². The second-order valence-corrected chi connectivity index (χ2v) is 4.20. The Bertz CT molecular complexity index is 599. The van der Waals surface area contributed by atoms with Crippen LogP contribution in [0.4, 0.5) is 4.79 Å². The van der Waals surface area contributed by atoms with Crippen LogP contribution < -0.4 is 9.47 Å². The molecule has 0 aliphatic carbocycles. The molecule has 2 aromatic rings. The van der Waals surface area contributed by atoms with Gasteiger partial charge in [0.1, 0.15) is 5.75 Å². The van der Waals surface area contributed by atoms with Crippen molar-refractivity contribution < 1.29 is 19.4 Å². The number of ether oxygens (including phenoxy) is 2. The number of hydrogen-bond donors (Lipinski definition) is 1. The van der Waals surface area contributed by atoms with Gasteiger partial charge in [-0.05, 0) is 30.2 Å². The fraction of sp³-hybridized carbons (Fsp3) is 0.214. The molecular formula is C14H15NO4. The highest BCUT2D eigenvalue weighted by molar-refractivity contribution is 5.76. The minimum Gasteiger partial charge on any atom is -0.497 e. The summed E-state index contributed by atoms with van der Waals surface area (Å²) in [5.74, 6) is 1.06. The Kier molecular flexibility index (Phi) is 3.46. The second kappa shape index (κ2) is 5.06. The molecular weight excluding hydrogens is 246 g/mol. The van der Waals surface area contributed by atoms with Gasteiger partial charge in [0.2, 0.25) is 5.88 Å². The van der Waals surface area contributed by atoms with E-state index in [1.807, 2.05) is 37.4 Å². The number of carboxylic acid groups (broad SMARTS) is 1. The third kappa shape index (κ3) is 2.54. The molecule has 19 heavy (non-hydrogen) atoms. The van der Waals surface area contributed by atoms with E-state index in [4.69, 9.17) is 14.6 Å². The second-order valence-electron chi connectivity index (χ2n) is 4.20. The highest BCUT2D eigenvalue weighted by atomic mass is 16.7. The summed E-state index contributed by atoms with van der Waals surface area (Å²) in [5.41, 5.74) is 2.60. The van der Waals surface area contributed by atoms with Gasteiger partial charge in [-0.3, -0.25) is 0 Å². The van der Waals surface area contributed by atoms with Crippen molar-refractivity contribution in [3.63, 3.8) is 0 Å². The number of rotatable bonds is 3. The number of hydrogen-bond acceptors (Lipinski definition) is 3. The zero-order valence-electron chi connectivity index (χ0n) is 11.0. The molecule has 0 saturated heterocycles. The smallest absolute Gasteiger partial charge is 0.497 e. The van der Waals surface area contributed by atoms with E-state index >= 15 is 0 Å². The van der Waals surface area contributed by atoms with E-state index in [-0.39, 0.29) is 0 Å². The lowest BCUT2D eigenvalue weighted by atomic mass is 10.0. The molecule has 5 nitrogen and oxygen atoms in total. The zero-order chi connectivity index (χ0) is 14.0. The van der Waals surface area contributed by atoms with Gasteiger partial charge in [-0.1, -0.05) is 12.1 Å². The van der Waals surface area contributed by atoms with Gasteiger partial charge >= 0.3 is 6.16 Å². The third-order valence-electron chi connectivity index (χ3n) is 2.88. The molecule has 1 heterocycles. The Labute approximate surface area is 111 Å². The van der Waals surface area contributed by atoms with Gasteiger partial charge in [-0.25, -0.2) is 4.79 Å². The van der Waals surface area contributed by atoms with Crippen LogP contribution >= 0.6 is 0 Å². The lowest BCUT2D eigenvalue weighted by molar-refractivity contribution is 0.141. The maximum absolute atomic E-state index is 10.8. The van der Waals surface area contributed by atoms with Crippen LogP contribution in [0.25, 0.3) is 11.1 Å². The molecule has 0 fully saturated rings. The summed E-state index contributed by atoms with van der Waals surface area (Å²) < 4.78 is 11.6. The molecule has 0 unspecified atom stereocenters. The summed E-state index contributed by atoms with van der Waals surface area (Å²) in [6.45, 7) is 1.91. The van der Waals surface area contributed by atoms with Crippen LogP contribution in [0, 0.1) is 6.92 Å². The molecule has 1 N–H and O–H groups in total. The lowest BCUT2D eigenvalue weighted by Gasteiger charge is -2.07. The first kappa shape index (κ1) is 13.0. The first-order valence-corrected chi connectivity index (χ1v) is 5.74. The van der Waals surface area contributed by atoms with E-state index in [9.17, 15) is 4.79 Å². The Morgan fingerprint density at radius 2 is 1.89 bits per heavy atom. The fourth-order valence-electron chi connectivity index (χ4n) is 2.07. The maximum atomic E-state index is 10.8. The molecule has 0 aliphatic heterocycles. The molecule has 2 rings (SSSR count). The summed E-state index contributed by atoms with van der Waals surface area (Å²) in [6, 6.07) is 7.39. The van der Waals surface area contributed by atoms with Crippen LogP contribution in [0.5, 0.6) is 11.6 Å². The molecule has 0 amide bonds. The SMILES string of the molecule is COc1ccc(-c2c(C)cn(C)c2OC(=O)O)cc1. The minimum atomic E-state index is -1.32. The summed E-state index contributed by atoms with van der Waals surface area (Å²) in [5, 5.41) is 8.80. The molecule has 0 saturated carbocycles. The Morgan fingerprint density at radius 3 is 2.42 bits per heavy atom. The van der Waals surface area contributed by atoms with E-state index < -0.39 is 6.16 Å². The zero-order valence-corrected chi connectivity index (χ0v) is 11.0. The third-order valence-corrected chi connectivity index (χ3v) is 2.88. The number of nitrogens with zero attached hydrogens (tertiary/aromatic N) is 1. The van der Waals surface area contributed by atoms with E-state index in [1.54, 1.807) is 18.7 Å². The number of benzene rings is 1. The number of methoxy groups -OCH3 is 1. The molecule has 0 atom stereocenters. The molecule has 0 aliphatic rings. The van der Waals surface area contributed by atoms with Crippen molar-refractivity contribution in [2.24, 2.45) is 7.05 Å². The van der Waals surface area contributed by atoms with Crippen LogP contribution in [0.3, 0.4) is 0 Å². The predicted molar refractivity (Wildman–Crippen MR) is 70.8 cm³/mol. The van der Waals surface area contributed by atoms with Gasteiger partial charge < -0.3 is 19.1 Å². The maximum Gasteiger partial charge on any atom is 0.512 e. The van der Waals surface area contributed by atoms with Crippen LogP contribution in [-0.2, 0) is 7.05 Å². The lowest BCUT2D eigenvalue weighted by Crippen LogP contribution is -2.07. The summed E-state index contributed by atoms with van der Waals surface area (Å²) in [4.78, 5) is 10.8. The highest BCUT2D eigenvalue weighted by Gasteiger charge is 2.17. The number of aryl methyl sites for hydroxylation is 2. The van der Waals surface area contributed by atoms with Gasteiger partial charge in [0.25, 0.3) is 0 Å². The minimum absolute atomic E-state index is 0.315. The van der Waals surface area contributed by atoms with Crippen LogP contribution in [0.2, 0.25) is 0 Å². The van der Waals surface area contributed by atoms with Crippen molar-refractivity contribution in [1.29, 1.82) is 0 Å². The molecule has 0 spiro atoms. The van der Waals surface area contributed by atoms with Gasteiger partial charge in [-0.15, -0.1) is 0 Å². The predicted octanol–water partition coefficient (Wildman–Crippen LogP) is 3.07. The number of carbonyl (C=O) groups is 1. The van der Waals surface area contributed by atoms with E-state index in [0.717, 1.165) is 22.4 Å². The topological polar surface area (TPSA) is 60.7 Å². The molecule has 100 valence electrons. The highest BCUT2D eigenvalue weighted by Crippen LogP contribution is 2.35. The fourth-order valence-corrected chi connectivity index (χ4v) is 2.07. The van der Waals surface area contributed by atoms with Crippen molar-refractivity contribution in [2.75, 3.05) is 7.11 Å². The largest absolute Gasteiger partial charge is 0.512 e. The van der Waals surface area contributed by atoms with Gasteiger partial charge in [0.05, 0.1) is 7.11 Å². The number of aromatic nitrogens is 1. The molecule has 0 bridgehead atoms. The van der Waals surface area contributed by atoms with Crippen molar-refractivity contribution in [3.8, 4) is 22.8 Å². The Morgan fingerprint density at radius 1 is 1.26 bits per heavy atom. The summed E-state index contributed by atoms with van der Waals surface area (Å²) in [7, 11) is 3.35. The van der Waals surface area contributed by atoms with Gasteiger partial charge in [0.15, 0.2) is 0 Å². The van der Waals surface area contributed by atoms with Crippen LogP contribution in [0.15, 0.2) is 30.5 Å². The van der Waals surface area contributed by atoms with Gasteiger partial charge in [-0.2, -0.15) is 0 Å². The first-order valence-electron chi connectivity index (χ1n) is 5.74. The van der Waals surface area contributed by atoms with Crippen molar-refractivity contribution in [2.45, 2.75) is 6.92 Å². The standard InChI is InChI=1S/C14H15NO4/c1-9-8-15(2)13(19-14(16)17)12(9)10-4-6-11(18-3)7-5-10/h4-8H,1-3H3,(H,16,17). The normalized spacial score (nSPS) is 10.3. The van der Waals surface area contributed by atoms with Crippen LogP contribution in [0.1, 0.15) is 5.56 Å². The van der Waals surface area contributed by atoms with Crippen molar-refractivity contribution in [3.05, 3.63) is 36.0 Å². The first-order chi connectivity index (χ1) is 9.02. The van der Waals surface area contributed by atoms with E-state index in [1.165, 1.54) is 0 Å². The van der Waals surface area contributed by atoms with Crippen molar-refractivity contribution in [1.82, 2.24) is 4.57 Å². The summed E-state index contributed by atoms with van der Waals surface area (Å²) in [6.07, 6.45) is 0.508. The molecule has 0 radical (unpaired) electrons. The monoisotopic (exact) mass is 261 g/mol. The average Bonchev–Trinajstić information content (AvgIpc) is 2.64. The average molecular weight is 261 g/mol. The molecule has 5 heteroatoms. The Hall–Kier alpha value is -2.43. The summed E-state index contributed by atoms with van der Waals surface area (Å²) >= 11 is 0. The Balaban J connectivity index is 2.50. The van der Waals surface area contributed by atoms with Crippen molar-refractivity contribution >= 4 is 6.16 Å².